The van der Waals surface area contributed by atoms with E-state index in [0.29, 0.717) is 0 Å². The van der Waals surface area contributed by atoms with E-state index in [4.69, 9.17) is 4.74 Å². The van der Waals surface area contributed by atoms with E-state index >= 15 is 0 Å². The van der Waals surface area contributed by atoms with Crippen molar-refractivity contribution in [3.63, 3.8) is 0 Å². The third kappa shape index (κ3) is 2.36. The van der Waals surface area contributed by atoms with Crippen molar-refractivity contribution in [3.05, 3.63) is 64.5 Å². The lowest BCUT2D eigenvalue weighted by atomic mass is 10.0. The van der Waals surface area contributed by atoms with Crippen molar-refractivity contribution in [2.45, 2.75) is 11.8 Å². The van der Waals surface area contributed by atoms with Crippen LogP contribution < -0.4 is 4.74 Å². The predicted molar refractivity (Wildman–Crippen MR) is 90.3 cm³/mol. The van der Waals surface area contributed by atoms with E-state index in [1.807, 2.05) is 0 Å². The summed E-state index contributed by atoms with van der Waals surface area (Å²) in [7, 11) is 1.72. The number of methoxy groups -OCH3 is 1. The molecule has 102 valence electrons. The van der Waals surface area contributed by atoms with Crippen LogP contribution in [-0.4, -0.2) is 7.11 Å². The largest absolute Gasteiger partial charge is 0.496 e. The first kappa shape index (κ1) is 13.7. The van der Waals surface area contributed by atoms with E-state index < -0.39 is 0 Å². The number of hydrogen-bond acceptors (Lipinski definition) is 2. The second-order valence-corrected chi connectivity index (χ2v) is 6.61. The highest BCUT2D eigenvalue weighted by Crippen LogP contribution is 2.39. The second kappa shape index (κ2) is 5.58. The molecular weight excluding hydrogens is 332 g/mol. The van der Waals surface area contributed by atoms with Crippen LogP contribution in [-0.2, 0) is 0 Å². The van der Waals surface area contributed by atoms with Gasteiger partial charge in [-0.05, 0) is 46.5 Å². The molecule has 0 radical (unpaired) electrons. The van der Waals surface area contributed by atoms with Crippen molar-refractivity contribution in [1.29, 1.82) is 0 Å². The number of halogens is 1. The zero-order valence-electron chi connectivity index (χ0n) is 11.4. The number of hydrogen-bond donors (Lipinski definition) is 0. The van der Waals surface area contributed by atoms with Gasteiger partial charge in [-0.3, -0.25) is 0 Å². The minimum atomic E-state index is 0.188. The normalized spacial score (nSPS) is 12.6. The molecule has 20 heavy (non-hydrogen) atoms. The lowest BCUT2D eigenvalue weighted by Crippen LogP contribution is -1.94. The fourth-order valence-corrected chi connectivity index (χ4v) is 4.19. The van der Waals surface area contributed by atoms with Gasteiger partial charge in [-0.1, -0.05) is 46.3 Å². The van der Waals surface area contributed by atoms with Gasteiger partial charge in [0.2, 0.25) is 0 Å². The zero-order chi connectivity index (χ0) is 14.1. The molecule has 0 aliphatic rings. The minimum Gasteiger partial charge on any atom is -0.496 e. The Morgan fingerprint density at radius 1 is 1.15 bits per heavy atom. The van der Waals surface area contributed by atoms with Gasteiger partial charge in [0.15, 0.2) is 0 Å². The summed E-state index contributed by atoms with van der Waals surface area (Å²) >= 11 is 5.62. The highest BCUT2D eigenvalue weighted by molar-refractivity contribution is 9.09. The molecule has 0 aliphatic heterocycles. The minimum absolute atomic E-state index is 0.188. The van der Waals surface area contributed by atoms with Crippen LogP contribution in [0.25, 0.3) is 10.1 Å². The monoisotopic (exact) mass is 346 g/mol. The number of aryl methyl sites for hydroxylation is 1. The van der Waals surface area contributed by atoms with Crippen molar-refractivity contribution in [2.24, 2.45) is 0 Å². The summed E-state index contributed by atoms with van der Waals surface area (Å²) in [6.07, 6.45) is 0. The Balaban J connectivity index is 2.06. The fourth-order valence-electron chi connectivity index (χ4n) is 2.37. The van der Waals surface area contributed by atoms with E-state index in [-0.39, 0.29) is 4.83 Å². The lowest BCUT2D eigenvalue weighted by Gasteiger charge is -2.13. The van der Waals surface area contributed by atoms with Gasteiger partial charge in [0.25, 0.3) is 0 Å². The van der Waals surface area contributed by atoms with E-state index in [1.54, 1.807) is 18.4 Å². The van der Waals surface area contributed by atoms with E-state index in [1.165, 1.54) is 21.2 Å². The van der Waals surface area contributed by atoms with Crippen LogP contribution in [0.3, 0.4) is 0 Å². The Kier molecular flexibility index (Phi) is 3.81. The van der Waals surface area contributed by atoms with Crippen molar-refractivity contribution >= 4 is 37.4 Å². The van der Waals surface area contributed by atoms with Crippen LogP contribution in [0.5, 0.6) is 5.75 Å². The highest BCUT2D eigenvalue weighted by Gasteiger charge is 2.16. The Morgan fingerprint density at radius 3 is 2.75 bits per heavy atom. The van der Waals surface area contributed by atoms with Gasteiger partial charge >= 0.3 is 0 Å². The average Bonchev–Trinajstić information content (AvgIpc) is 2.91. The SMILES string of the molecule is COc1cc(C(Br)c2csc3ccccc23)ccc1C. The molecule has 1 heterocycles. The maximum Gasteiger partial charge on any atom is 0.122 e. The maximum absolute atomic E-state index is 5.42. The molecule has 0 amide bonds. The van der Waals surface area contributed by atoms with Crippen LogP contribution in [0.4, 0.5) is 0 Å². The number of ether oxygens (including phenoxy) is 1. The van der Waals surface area contributed by atoms with Crippen molar-refractivity contribution in [2.75, 3.05) is 7.11 Å². The van der Waals surface area contributed by atoms with Crippen molar-refractivity contribution in [1.82, 2.24) is 0 Å². The first-order valence-electron chi connectivity index (χ1n) is 6.45. The first-order valence-corrected chi connectivity index (χ1v) is 8.25. The van der Waals surface area contributed by atoms with Crippen LogP contribution in [0.1, 0.15) is 21.5 Å². The van der Waals surface area contributed by atoms with Gasteiger partial charge in [-0.25, -0.2) is 0 Å². The van der Waals surface area contributed by atoms with Gasteiger partial charge in [0, 0.05) is 4.70 Å². The summed E-state index contributed by atoms with van der Waals surface area (Å²) in [6, 6.07) is 14.9. The van der Waals surface area contributed by atoms with Crippen LogP contribution in [0.2, 0.25) is 0 Å². The van der Waals surface area contributed by atoms with E-state index in [0.717, 1.165) is 11.3 Å². The van der Waals surface area contributed by atoms with E-state index in [2.05, 4.69) is 70.7 Å². The molecule has 0 spiro atoms. The summed E-state index contributed by atoms with van der Waals surface area (Å²) in [6.45, 7) is 2.06. The summed E-state index contributed by atoms with van der Waals surface area (Å²) < 4.78 is 6.75. The topological polar surface area (TPSA) is 9.23 Å². The zero-order valence-corrected chi connectivity index (χ0v) is 13.8. The molecule has 0 saturated heterocycles. The standard InChI is InChI=1S/C17H15BrOS/c1-11-7-8-12(9-15(11)19-2)17(18)14-10-20-16-6-4-3-5-13(14)16/h3-10,17H,1-2H3. The van der Waals surface area contributed by atoms with E-state index in [9.17, 15) is 0 Å². The number of benzene rings is 2. The molecule has 1 aromatic heterocycles. The molecule has 2 aromatic carbocycles. The molecule has 0 bridgehead atoms. The quantitative estimate of drug-likeness (QED) is 0.552. The van der Waals surface area contributed by atoms with Gasteiger partial charge in [0.05, 0.1) is 11.9 Å². The second-order valence-electron chi connectivity index (χ2n) is 4.78. The molecule has 1 unspecified atom stereocenters. The number of alkyl halides is 1. The molecule has 0 N–H and O–H groups in total. The van der Waals surface area contributed by atoms with Crippen molar-refractivity contribution < 1.29 is 4.74 Å². The lowest BCUT2D eigenvalue weighted by molar-refractivity contribution is 0.411. The molecule has 0 saturated carbocycles. The summed E-state index contributed by atoms with van der Waals surface area (Å²) in [4.78, 5) is 0.188. The Bertz CT molecular complexity index is 748. The molecule has 3 rings (SSSR count). The molecule has 3 aromatic rings. The Hall–Kier alpha value is -1.32. The third-order valence-corrected chi connectivity index (χ3v) is 5.51. The van der Waals surface area contributed by atoms with Crippen molar-refractivity contribution in [3.8, 4) is 5.75 Å². The number of rotatable bonds is 3. The van der Waals surface area contributed by atoms with Gasteiger partial charge in [-0.2, -0.15) is 0 Å². The fraction of sp³-hybridized carbons (Fsp3) is 0.176. The average molecular weight is 347 g/mol. The maximum atomic E-state index is 5.42. The summed E-state index contributed by atoms with van der Waals surface area (Å²) in [5, 5.41) is 3.55. The molecule has 0 fully saturated rings. The molecule has 1 atom stereocenters. The van der Waals surface area contributed by atoms with Crippen LogP contribution in [0.15, 0.2) is 47.8 Å². The van der Waals surface area contributed by atoms with Gasteiger partial charge in [0.1, 0.15) is 5.75 Å². The predicted octanol–water partition coefficient (Wildman–Crippen LogP) is 5.70. The number of fused-ring (bicyclic) bond motifs is 1. The van der Waals surface area contributed by atoms with Crippen LogP contribution >= 0.6 is 27.3 Å². The molecular formula is C17H15BrOS. The Morgan fingerprint density at radius 2 is 1.95 bits per heavy atom. The molecule has 0 aliphatic carbocycles. The molecule has 3 heteroatoms. The number of thiophene rings is 1. The summed E-state index contributed by atoms with van der Waals surface area (Å²) in [5.74, 6) is 0.937. The third-order valence-electron chi connectivity index (χ3n) is 3.51. The van der Waals surface area contributed by atoms with Gasteiger partial charge in [-0.15, -0.1) is 11.3 Å². The van der Waals surface area contributed by atoms with Gasteiger partial charge < -0.3 is 4.74 Å². The van der Waals surface area contributed by atoms with Crippen LogP contribution in [0, 0.1) is 6.92 Å². The smallest absolute Gasteiger partial charge is 0.122 e. The molecule has 1 nitrogen and oxygen atoms in total. The first-order chi connectivity index (χ1) is 9.70. The highest BCUT2D eigenvalue weighted by atomic mass is 79.9. The summed E-state index contributed by atoms with van der Waals surface area (Å²) in [5.41, 5.74) is 3.69. The Labute approximate surface area is 131 Å².